The fourth-order valence-electron chi connectivity index (χ4n) is 1.45. The van der Waals surface area contributed by atoms with E-state index in [0.717, 1.165) is 12.1 Å². The average molecular weight is 289 g/mol. The van der Waals surface area contributed by atoms with Gasteiger partial charge in [0.15, 0.2) is 0 Å². The van der Waals surface area contributed by atoms with Crippen molar-refractivity contribution in [2.45, 2.75) is 31.7 Å². The summed E-state index contributed by atoms with van der Waals surface area (Å²) in [5.74, 6) is -1.99. The smallest absolute Gasteiger partial charge is 0.322 e. The Morgan fingerprint density at radius 1 is 1.37 bits per heavy atom. The van der Waals surface area contributed by atoms with Crippen molar-refractivity contribution in [2.24, 2.45) is 5.41 Å². The molecule has 0 aromatic heterocycles. The van der Waals surface area contributed by atoms with E-state index in [-0.39, 0.29) is 4.90 Å². The number of nitrogens with one attached hydrogen (secondary N) is 1. The molecule has 1 rings (SSSR count). The summed E-state index contributed by atoms with van der Waals surface area (Å²) in [4.78, 5) is 10.8. The number of carbonyl (C=O) groups is 1. The predicted octanol–water partition coefficient (Wildman–Crippen LogP) is 1.60. The molecule has 1 atom stereocenters. The molecule has 0 aliphatic rings. The molecule has 2 N–H and O–H groups in total. The highest BCUT2D eigenvalue weighted by atomic mass is 32.2. The van der Waals surface area contributed by atoms with E-state index in [9.17, 15) is 17.6 Å². The van der Waals surface area contributed by atoms with Crippen LogP contribution in [0.5, 0.6) is 0 Å². The number of hydrogen-bond donors (Lipinski definition) is 2. The van der Waals surface area contributed by atoms with Gasteiger partial charge in [-0.2, -0.15) is 4.72 Å². The van der Waals surface area contributed by atoms with Gasteiger partial charge in [-0.05, 0) is 23.6 Å². The number of carboxylic acid groups (broad SMARTS) is 1. The molecule has 0 heterocycles. The summed E-state index contributed by atoms with van der Waals surface area (Å²) in [6.07, 6.45) is 0. The molecule has 1 aromatic rings. The maximum Gasteiger partial charge on any atom is 0.322 e. The number of aliphatic carboxylic acids is 1. The molecule has 0 aliphatic carbocycles. The van der Waals surface area contributed by atoms with Crippen molar-refractivity contribution in [3.8, 4) is 0 Å². The van der Waals surface area contributed by atoms with Crippen LogP contribution in [0.3, 0.4) is 0 Å². The first-order chi connectivity index (χ1) is 8.54. The van der Waals surface area contributed by atoms with E-state index in [2.05, 4.69) is 4.72 Å². The topological polar surface area (TPSA) is 83.5 Å². The predicted molar refractivity (Wildman–Crippen MR) is 67.6 cm³/mol. The van der Waals surface area contributed by atoms with Crippen molar-refractivity contribution >= 4 is 16.0 Å². The number of hydrogen-bond acceptors (Lipinski definition) is 3. The summed E-state index contributed by atoms with van der Waals surface area (Å²) in [5, 5.41) is 9.07. The van der Waals surface area contributed by atoms with Gasteiger partial charge in [0.05, 0.1) is 4.90 Å². The van der Waals surface area contributed by atoms with Crippen LogP contribution in [0.1, 0.15) is 20.8 Å². The average Bonchev–Trinajstić information content (AvgIpc) is 2.24. The minimum atomic E-state index is -4.08. The lowest BCUT2D eigenvalue weighted by Crippen LogP contribution is -2.48. The lowest BCUT2D eigenvalue weighted by atomic mass is 9.88. The van der Waals surface area contributed by atoms with Gasteiger partial charge in [-0.15, -0.1) is 0 Å². The molecule has 1 unspecified atom stereocenters. The van der Waals surface area contributed by atoms with Gasteiger partial charge in [0.2, 0.25) is 10.0 Å². The molecule has 0 saturated carbocycles. The molecule has 0 aliphatic heterocycles. The lowest BCUT2D eigenvalue weighted by Gasteiger charge is -2.27. The van der Waals surface area contributed by atoms with Crippen molar-refractivity contribution in [1.82, 2.24) is 4.72 Å². The number of sulfonamides is 1. The maximum absolute atomic E-state index is 13.0. The first-order valence-electron chi connectivity index (χ1n) is 5.55. The zero-order valence-electron chi connectivity index (χ0n) is 10.8. The van der Waals surface area contributed by atoms with E-state index in [1.165, 1.54) is 12.1 Å². The van der Waals surface area contributed by atoms with Crippen LogP contribution in [0.4, 0.5) is 4.39 Å². The third kappa shape index (κ3) is 4.00. The summed E-state index contributed by atoms with van der Waals surface area (Å²) in [7, 11) is -4.08. The standard InChI is InChI=1S/C12H16FNO4S/c1-12(2,3)10(11(15)16)14-19(17,18)9-6-4-5-8(13)7-9/h4-7,10,14H,1-3H3,(H,15,16). The highest BCUT2D eigenvalue weighted by Gasteiger charge is 2.35. The van der Waals surface area contributed by atoms with Crippen molar-refractivity contribution in [1.29, 1.82) is 0 Å². The molecule has 0 saturated heterocycles. The van der Waals surface area contributed by atoms with Gasteiger partial charge in [-0.25, -0.2) is 12.8 Å². The van der Waals surface area contributed by atoms with Crippen molar-refractivity contribution in [3.05, 3.63) is 30.1 Å². The Kier molecular flexibility index (Phi) is 4.32. The number of halogens is 1. The fraction of sp³-hybridized carbons (Fsp3) is 0.417. The van der Waals surface area contributed by atoms with E-state index in [4.69, 9.17) is 5.11 Å². The van der Waals surface area contributed by atoms with Gasteiger partial charge < -0.3 is 5.11 Å². The third-order valence-corrected chi connectivity index (χ3v) is 3.91. The molecule has 7 heteroatoms. The van der Waals surface area contributed by atoms with Crippen molar-refractivity contribution in [3.63, 3.8) is 0 Å². The number of carboxylic acids is 1. The van der Waals surface area contributed by atoms with Crippen molar-refractivity contribution < 1.29 is 22.7 Å². The second-order valence-electron chi connectivity index (χ2n) is 5.22. The molecule has 5 nitrogen and oxygen atoms in total. The summed E-state index contributed by atoms with van der Waals surface area (Å²) < 4.78 is 39.1. The molecule has 106 valence electrons. The fourth-order valence-corrected chi connectivity index (χ4v) is 2.88. The molecule has 0 bridgehead atoms. The Morgan fingerprint density at radius 3 is 2.37 bits per heavy atom. The van der Waals surface area contributed by atoms with Crippen LogP contribution in [-0.4, -0.2) is 25.5 Å². The SMILES string of the molecule is CC(C)(C)C(NS(=O)(=O)c1cccc(F)c1)C(=O)O. The highest BCUT2D eigenvalue weighted by Crippen LogP contribution is 2.22. The Labute approximate surface area is 111 Å². The van der Waals surface area contributed by atoms with E-state index in [1.54, 1.807) is 20.8 Å². The molecular weight excluding hydrogens is 273 g/mol. The summed E-state index contributed by atoms with van der Waals surface area (Å²) >= 11 is 0. The van der Waals surface area contributed by atoms with E-state index in [1.807, 2.05) is 0 Å². The molecule has 0 radical (unpaired) electrons. The van der Waals surface area contributed by atoms with Gasteiger partial charge in [0.25, 0.3) is 0 Å². The third-order valence-electron chi connectivity index (χ3n) is 2.49. The largest absolute Gasteiger partial charge is 0.480 e. The Hall–Kier alpha value is -1.47. The van der Waals surface area contributed by atoms with Gasteiger partial charge in [-0.3, -0.25) is 4.79 Å². The normalized spacial score (nSPS) is 14.1. The van der Waals surface area contributed by atoms with Gasteiger partial charge >= 0.3 is 5.97 Å². The van der Waals surface area contributed by atoms with Gasteiger partial charge in [0, 0.05) is 0 Å². The van der Waals surface area contributed by atoms with Crippen LogP contribution >= 0.6 is 0 Å². The first-order valence-corrected chi connectivity index (χ1v) is 7.03. The number of rotatable bonds is 4. The summed E-state index contributed by atoms with van der Waals surface area (Å²) in [6, 6.07) is 3.09. The van der Waals surface area contributed by atoms with E-state index in [0.29, 0.717) is 0 Å². The van der Waals surface area contributed by atoms with Crippen LogP contribution in [0.15, 0.2) is 29.2 Å². The Morgan fingerprint density at radius 2 is 1.95 bits per heavy atom. The molecule has 0 amide bonds. The molecule has 19 heavy (non-hydrogen) atoms. The molecular formula is C12H16FNO4S. The minimum absolute atomic E-state index is 0.303. The second kappa shape index (κ2) is 5.26. The lowest BCUT2D eigenvalue weighted by molar-refractivity contribution is -0.141. The number of benzene rings is 1. The van der Waals surface area contributed by atoms with E-state index < -0.39 is 33.3 Å². The van der Waals surface area contributed by atoms with Gasteiger partial charge in [-0.1, -0.05) is 26.8 Å². The van der Waals surface area contributed by atoms with Crippen LogP contribution in [0.25, 0.3) is 0 Å². The Bertz CT molecular complexity index is 578. The van der Waals surface area contributed by atoms with Crippen LogP contribution in [0, 0.1) is 11.2 Å². The summed E-state index contributed by atoms with van der Waals surface area (Å²) in [6.45, 7) is 4.79. The van der Waals surface area contributed by atoms with Crippen molar-refractivity contribution in [2.75, 3.05) is 0 Å². The zero-order valence-corrected chi connectivity index (χ0v) is 11.7. The van der Waals surface area contributed by atoms with Crippen LogP contribution in [-0.2, 0) is 14.8 Å². The first kappa shape index (κ1) is 15.6. The molecule has 1 aromatic carbocycles. The van der Waals surface area contributed by atoms with E-state index >= 15 is 0 Å². The molecule has 0 spiro atoms. The van der Waals surface area contributed by atoms with Crippen LogP contribution < -0.4 is 4.72 Å². The Balaban J connectivity index is 3.12. The summed E-state index contributed by atoms with van der Waals surface area (Å²) in [5.41, 5.74) is -0.813. The zero-order chi connectivity index (χ0) is 14.8. The van der Waals surface area contributed by atoms with Crippen LogP contribution in [0.2, 0.25) is 0 Å². The quantitative estimate of drug-likeness (QED) is 0.882. The maximum atomic E-state index is 13.0. The monoisotopic (exact) mass is 289 g/mol. The molecule has 0 fully saturated rings. The second-order valence-corrected chi connectivity index (χ2v) is 6.93. The highest BCUT2D eigenvalue weighted by molar-refractivity contribution is 7.89. The minimum Gasteiger partial charge on any atom is -0.480 e. The van der Waals surface area contributed by atoms with Gasteiger partial charge in [0.1, 0.15) is 11.9 Å².